The molecule has 0 spiro atoms. The van der Waals surface area contributed by atoms with Crippen LogP contribution in [0.2, 0.25) is 0 Å². The quantitative estimate of drug-likeness (QED) is 0.323. The average molecular weight is 332 g/mol. The molecule has 0 aliphatic rings. The maximum atomic E-state index is 4.76. The van der Waals surface area contributed by atoms with E-state index in [1.165, 1.54) is 16.7 Å². The molecule has 0 aliphatic heterocycles. The lowest BCUT2D eigenvalue weighted by Crippen LogP contribution is -2.10. The molecule has 1 heterocycles. The molecule has 0 fully saturated rings. The smallest absolute Gasteiger partial charge is 0.187 e. The Hall–Kier alpha value is -1.33. The first-order chi connectivity index (χ1) is 10.5. The summed E-state index contributed by atoms with van der Waals surface area (Å²) in [6.07, 6.45) is 6.45. The van der Waals surface area contributed by atoms with Gasteiger partial charge in [0.1, 0.15) is 5.69 Å². The molecule has 0 saturated carbocycles. The predicted octanol–water partition coefficient (Wildman–Crippen LogP) is 5.46. The minimum absolute atomic E-state index is 0.181. The molecule has 22 heavy (non-hydrogen) atoms. The fraction of sp³-hybridized carbons (Fsp3) is 0.353. The van der Waals surface area contributed by atoms with Crippen molar-refractivity contribution in [3.8, 4) is 0 Å². The van der Waals surface area contributed by atoms with Gasteiger partial charge >= 0.3 is 0 Å². The summed E-state index contributed by atoms with van der Waals surface area (Å²) in [6, 6.07) is 10.3. The third-order valence-corrected chi connectivity index (χ3v) is 4.27. The predicted molar refractivity (Wildman–Crippen MR) is 97.3 cm³/mol. The van der Waals surface area contributed by atoms with E-state index >= 15 is 0 Å². The van der Waals surface area contributed by atoms with Crippen LogP contribution in [0, 0.1) is 5.41 Å². The van der Waals surface area contributed by atoms with Crippen molar-refractivity contribution in [3.05, 3.63) is 42.7 Å². The van der Waals surface area contributed by atoms with E-state index in [0.29, 0.717) is 0 Å². The van der Waals surface area contributed by atoms with Gasteiger partial charge in [-0.3, -0.25) is 0 Å². The molecule has 0 N–H and O–H groups in total. The molecular weight excluding hydrogens is 310 g/mol. The number of hydrogen-bond donors (Lipinski definition) is 0. The Balaban J connectivity index is 2.24. The van der Waals surface area contributed by atoms with Crippen LogP contribution in [0.4, 0.5) is 5.69 Å². The van der Waals surface area contributed by atoms with Gasteiger partial charge < -0.3 is 0 Å². The van der Waals surface area contributed by atoms with Crippen molar-refractivity contribution in [3.63, 3.8) is 0 Å². The van der Waals surface area contributed by atoms with E-state index in [-0.39, 0.29) is 5.41 Å². The molecule has 2 aromatic rings. The van der Waals surface area contributed by atoms with Crippen LogP contribution in [-0.2, 0) is 0 Å². The van der Waals surface area contributed by atoms with E-state index in [1.54, 1.807) is 24.2 Å². The van der Waals surface area contributed by atoms with Crippen LogP contribution >= 0.6 is 23.5 Å². The molecule has 0 aliphatic carbocycles. The van der Waals surface area contributed by atoms with Gasteiger partial charge in [-0.2, -0.15) is 0 Å². The van der Waals surface area contributed by atoms with Crippen LogP contribution in [0.3, 0.4) is 0 Å². The van der Waals surface area contributed by atoms with E-state index < -0.39 is 0 Å². The summed E-state index contributed by atoms with van der Waals surface area (Å²) in [5.74, 6) is 0. The zero-order valence-corrected chi connectivity index (χ0v) is 15.0. The Morgan fingerprint density at radius 1 is 1.09 bits per heavy atom. The molecular formula is C17H21N3S2. The highest BCUT2D eigenvalue weighted by Gasteiger charge is 2.16. The molecule has 1 aromatic heterocycles. The van der Waals surface area contributed by atoms with Crippen molar-refractivity contribution in [2.24, 2.45) is 10.4 Å². The molecule has 0 radical (unpaired) electrons. The first kappa shape index (κ1) is 17.0. The number of aromatic nitrogens is 2. The van der Waals surface area contributed by atoms with E-state index in [4.69, 9.17) is 4.99 Å². The average Bonchev–Trinajstić information content (AvgIpc) is 2.47. The largest absolute Gasteiger partial charge is 0.243 e. The second-order valence-corrected chi connectivity index (χ2v) is 8.01. The van der Waals surface area contributed by atoms with Crippen LogP contribution in [-0.4, -0.2) is 21.3 Å². The van der Waals surface area contributed by atoms with Crippen molar-refractivity contribution in [1.82, 2.24) is 9.97 Å². The van der Waals surface area contributed by atoms with Gasteiger partial charge in [0.25, 0.3) is 0 Å². The lowest BCUT2D eigenvalue weighted by molar-refractivity contribution is 0.436. The molecule has 3 nitrogen and oxygen atoms in total. The normalized spacial score (nSPS) is 12.5. The van der Waals surface area contributed by atoms with Gasteiger partial charge in [-0.15, -0.1) is 0 Å². The topological polar surface area (TPSA) is 38.1 Å². The van der Waals surface area contributed by atoms with Crippen LogP contribution in [0.5, 0.6) is 0 Å². The number of nitrogens with zero attached hydrogens (tertiary/aromatic N) is 3. The summed E-state index contributed by atoms with van der Waals surface area (Å²) < 4.78 is 0. The zero-order valence-electron chi connectivity index (χ0n) is 13.4. The molecule has 2 rings (SSSR count). The maximum absolute atomic E-state index is 4.76. The second-order valence-electron chi connectivity index (χ2n) is 6.09. The maximum Gasteiger partial charge on any atom is 0.187 e. The Bertz CT molecular complexity index is 617. The summed E-state index contributed by atoms with van der Waals surface area (Å²) >= 11 is 3.24. The number of benzene rings is 1. The Morgan fingerprint density at radius 3 is 2.27 bits per heavy atom. The highest BCUT2D eigenvalue weighted by molar-refractivity contribution is 8.14. The Morgan fingerprint density at radius 2 is 1.73 bits per heavy atom. The molecule has 0 atom stereocenters. The first-order valence-electron chi connectivity index (χ1n) is 7.13. The van der Waals surface area contributed by atoms with Gasteiger partial charge in [0.05, 0.1) is 17.4 Å². The van der Waals surface area contributed by atoms with Gasteiger partial charge in [-0.05, 0) is 23.8 Å². The lowest BCUT2D eigenvalue weighted by Gasteiger charge is -2.19. The minimum Gasteiger partial charge on any atom is -0.243 e. The standard InChI is InChI=1S/C17H21N3S2/c1-17(2,3)10-15(22-14-8-6-5-7-9-14)20-13-11-18-16(21-4)19-12-13/h5-9,11-12H,10H2,1-4H3. The van der Waals surface area contributed by atoms with E-state index in [1.807, 2.05) is 24.5 Å². The fourth-order valence-corrected chi connectivity index (χ4v) is 3.33. The third kappa shape index (κ3) is 5.81. The van der Waals surface area contributed by atoms with Crippen LogP contribution < -0.4 is 0 Å². The molecule has 0 unspecified atom stereocenters. The second kappa shape index (κ2) is 7.79. The van der Waals surface area contributed by atoms with Gasteiger partial charge in [0, 0.05) is 11.3 Å². The Kier molecular flexibility index (Phi) is 6.03. The molecule has 116 valence electrons. The summed E-state index contributed by atoms with van der Waals surface area (Å²) in [7, 11) is 0. The highest BCUT2D eigenvalue weighted by atomic mass is 32.2. The molecule has 5 heteroatoms. The SMILES string of the molecule is CSc1ncc(N=C(CC(C)(C)C)Sc2ccccc2)cn1. The third-order valence-electron chi connectivity index (χ3n) is 2.71. The van der Waals surface area contributed by atoms with Crippen LogP contribution in [0.25, 0.3) is 0 Å². The van der Waals surface area contributed by atoms with Crippen LogP contribution in [0.15, 0.2) is 57.8 Å². The van der Waals surface area contributed by atoms with E-state index in [0.717, 1.165) is 22.3 Å². The zero-order chi connectivity index (χ0) is 16.0. The van der Waals surface area contributed by atoms with Gasteiger partial charge in [-0.1, -0.05) is 62.5 Å². The molecule has 0 bridgehead atoms. The van der Waals surface area contributed by atoms with Gasteiger partial charge in [0.15, 0.2) is 5.16 Å². The molecule has 1 aromatic carbocycles. The van der Waals surface area contributed by atoms with Gasteiger partial charge in [0.2, 0.25) is 0 Å². The monoisotopic (exact) mass is 331 g/mol. The number of aliphatic imine (C=N–C) groups is 1. The van der Waals surface area contributed by atoms with E-state index in [2.05, 4.69) is 42.9 Å². The number of rotatable bonds is 4. The van der Waals surface area contributed by atoms with Crippen molar-refractivity contribution in [1.29, 1.82) is 0 Å². The fourth-order valence-electron chi connectivity index (χ4n) is 1.79. The highest BCUT2D eigenvalue weighted by Crippen LogP contribution is 2.30. The van der Waals surface area contributed by atoms with Crippen molar-refractivity contribution < 1.29 is 0 Å². The summed E-state index contributed by atoms with van der Waals surface area (Å²) in [5.41, 5.74) is 0.987. The van der Waals surface area contributed by atoms with E-state index in [9.17, 15) is 0 Å². The first-order valence-corrected chi connectivity index (χ1v) is 9.17. The minimum atomic E-state index is 0.181. The summed E-state index contributed by atoms with van der Waals surface area (Å²) in [5, 5.41) is 1.85. The summed E-state index contributed by atoms with van der Waals surface area (Å²) in [4.78, 5) is 14.5. The number of hydrogen-bond acceptors (Lipinski definition) is 5. The molecule has 0 amide bonds. The van der Waals surface area contributed by atoms with Crippen molar-refractivity contribution in [2.75, 3.05) is 6.26 Å². The Labute approximate surface area is 141 Å². The van der Waals surface area contributed by atoms with Crippen molar-refractivity contribution >= 4 is 34.3 Å². The van der Waals surface area contributed by atoms with Crippen LogP contribution in [0.1, 0.15) is 27.2 Å². The van der Waals surface area contributed by atoms with Gasteiger partial charge in [-0.25, -0.2) is 15.0 Å². The van der Waals surface area contributed by atoms with Crippen molar-refractivity contribution in [2.45, 2.75) is 37.2 Å². The molecule has 0 saturated heterocycles. The lowest BCUT2D eigenvalue weighted by atomic mass is 9.93. The summed E-state index contributed by atoms with van der Waals surface area (Å²) in [6.45, 7) is 6.67. The number of thioether (sulfide) groups is 2.